The second kappa shape index (κ2) is 7.58. The number of hydrogen-bond acceptors (Lipinski definition) is 5. The average molecular weight is 406 g/mol. The van der Waals surface area contributed by atoms with Crippen LogP contribution in [0.3, 0.4) is 0 Å². The standard InChI is InChI=1S/C20H27N3O4S/c1-5-6-11-27-15-9-7-14(8-10-15)19(24)21-18-16-12-28(25,26)13-17(16)22-23(18)20(2,3)4/h7-10H,5-6,11-13H2,1-4H3,(H,21,24). The van der Waals surface area contributed by atoms with Crippen LogP contribution in [0.25, 0.3) is 0 Å². The van der Waals surface area contributed by atoms with Crippen LogP contribution in [-0.4, -0.2) is 30.7 Å². The first kappa shape index (κ1) is 20.4. The zero-order valence-corrected chi connectivity index (χ0v) is 17.6. The van der Waals surface area contributed by atoms with E-state index in [1.54, 1.807) is 28.9 Å². The number of carbonyl (C=O) groups is 1. The number of sulfone groups is 1. The van der Waals surface area contributed by atoms with Crippen molar-refractivity contribution in [3.05, 3.63) is 41.1 Å². The second-order valence-electron chi connectivity index (χ2n) is 8.07. The fourth-order valence-corrected chi connectivity index (χ4v) is 4.57. The van der Waals surface area contributed by atoms with Crippen LogP contribution >= 0.6 is 0 Å². The number of nitrogens with zero attached hydrogens (tertiary/aromatic N) is 2. The highest BCUT2D eigenvalue weighted by atomic mass is 32.2. The molecule has 1 aliphatic heterocycles. The molecule has 8 heteroatoms. The van der Waals surface area contributed by atoms with Crippen LogP contribution in [0.5, 0.6) is 5.75 Å². The SMILES string of the molecule is CCCCOc1ccc(C(=O)Nc2c3c(nn2C(C)(C)C)CS(=O)(=O)C3)cc1. The molecule has 0 aliphatic carbocycles. The van der Waals surface area contributed by atoms with Gasteiger partial charge < -0.3 is 10.1 Å². The van der Waals surface area contributed by atoms with Crippen molar-refractivity contribution in [2.75, 3.05) is 11.9 Å². The van der Waals surface area contributed by atoms with Crippen molar-refractivity contribution >= 4 is 21.6 Å². The third kappa shape index (κ3) is 4.38. The van der Waals surface area contributed by atoms with Crippen LogP contribution < -0.4 is 10.1 Å². The van der Waals surface area contributed by atoms with Gasteiger partial charge in [-0.25, -0.2) is 13.1 Å². The fourth-order valence-electron chi connectivity index (χ4n) is 3.07. The highest BCUT2D eigenvalue weighted by molar-refractivity contribution is 7.90. The van der Waals surface area contributed by atoms with E-state index in [9.17, 15) is 13.2 Å². The van der Waals surface area contributed by atoms with Gasteiger partial charge in [-0.15, -0.1) is 0 Å². The molecule has 28 heavy (non-hydrogen) atoms. The molecule has 1 N–H and O–H groups in total. The lowest BCUT2D eigenvalue weighted by atomic mass is 10.1. The van der Waals surface area contributed by atoms with Gasteiger partial charge in [-0.2, -0.15) is 5.10 Å². The van der Waals surface area contributed by atoms with Gasteiger partial charge in [0, 0.05) is 11.1 Å². The lowest BCUT2D eigenvalue weighted by Gasteiger charge is -2.23. The molecule has 2 heterocycles. The maximum absolute atomic E-state index is 12.8. The fraction of sp³-hybridized carbons (Fsp3) is 0.500. The summed E-state index contributed by atoms with van der Waals surface area (Å²) in [5.41, 5.74) is 1.18. The maximum Gasteiger partial charge on any atom is 0.256 e. The zero-order valence-electron chi connectivity index (χ0n) is 16.8. The first-order chi connectivity index (χ1) is 13.1. The minimum Gasteiger partial charge on any atom is -0.494 e. The van der Waals surface area contributed by atoms with Crippen molar-refractivity contribution in [3.8, 4) is 5.75 Å². The minimum absolute atomic E-state index is 0.0852. The summed E-state index contributed by atoms with van der Waals surface area (Å²) in [6.07, 6.45) is 2.04. The summed E-state index contributed by atoms with van der Waals surface area (Å²) >= 11 is 0. The van der Waals surface area contributed by atoms with Crippen molar-refractivity contribution in [3.63, 3.8) is 0 Å². The van der Waals surface area contributed by atoms with E-state index in [2.05, 4.69) is 17.3 Å². The van der Waals surface area contributed by atoms with E-state index in [1.165, 1.54) is 0 Å². The Kier molecular flexibility index (Phi) is 5.52. The third-order valence-corrected chi connectivity index (χ3v) is 5.98. The number of aromatic nitrogens is 2. The number of benzene rings is 1. The van der Waals surface area contributed by atoms with Crippen LogP contribution in [-0.2, 0) is 26.9 Å². The van der Waals surface area contributed by atoms with Gasteiger partial charge in [0.15, 0.2) is 9.84 Å². The van der Waals surface area contributed by atoms with E-state index in [1.807, 2.05) is 20.8 Å². The maximum atomic E-state index is 12.8. The van der Waals surface area contributed by atoms with E-state index in [0.29, 0.717) is 29.2 Å². The van der Waals surface area contributed by atoms with E-state index in [0.717, 1.165) is 18.6 Å². The van der Waals surface area contributed by atoms with Gasteiger partial charge in [-0.05, 0) is 51.5 Å². The summed E-state index contributed by atoms with van der Waals surface area (Å²) < 4.78 is 31.3. The van der Waals surface area contributed by atoms with Crippen LogP contribution in [0.2, 0.25) is 0 Å². The molecule has 0 bridgehead atoms. The number of hydrogen-bond donors (Lipinski definition) is 1. The Balaban J connectivity index is 1.82. The summed E-state index contributed by atoms with van der Waals surface area (Å²) in [6, 6.07) is 6.93. The number of fused-ring (bicyclic) bond motifs is 1. The van der Waals surface area contributed by atoms with Crippen molar-refractivity contribution in [1.82, 2.24) is 9.78 Å². The molecule has 152 valence electrons. The van der Waals surface area contributed by atoms with E-state index >= 15 is 0 Å². The van der Waals surface area contributed by atoms with E-state index in [-0.39, 0.29) is 17.4 Å². The molecular formula is C20H27N3O4S. The Morgan fingerprint density at radius 2 is 1.89 bits per heavy atom. The van der Waals surface area contributed by atoms with E-state index < -0.39 is 15.4 Å². The van der Waals surface area contributed by atoms with Crippen LogP contribution in [0.1, 0.15) is 62.2 Å². The predicted molar refractivity (Wildman–Crippen MR) is 108 cm³/mol. The van der Waals surface area contributed by atoms with Gasteiger partial charge in [0.1, 0.15) is 11.6 Å². The molecule has 0 radical (unpaired) electrons. The average Bonchev–Trinajstić information content (AvgIpc) is 3.08. The molecule has 0 fully saturated rings. The molecule has 0 unspecified atom stereocenters. The van der Waals surface area contributed by atoms with Crippen molar-refractivity contribution < 1.29 is 17.9 Å². The lowest BCUT2D eigenvalue weighted by Crippen LogP contribution is -2.27. The highest BCUT2D eigenvalue weighted by Gasteiger charge is 2.35. The van der Waals surface area contributed by atoms with Crippen molar-refractivity contribution in [2.45, 2.75) is 57.6 Å². The van der Waals surface area contributed by atoms with Gasteiger partial charge in [-0.1, -0.05) is 13.3 Å². The molecule has 1 aromatic carbocycles. The number of rotatable bonds is 6. The zero-order chi connectivity index (χ0) is 20.5. The quantitative estimate of drug-likeness (QED) is 0.743. The molecular weight excluding hydrogens is 378 g/mol. The number of ether oxygens (including phenoxy) is 1. The minimum atomic E-state index is -3.21. The third-order valence-electron chi connectivity index (χ3n) is 4.54. The first-order valence-electron chi connectivity index (χ1n) is 9.46. The van der Waals surface area contributed by atoms with Crippen molar-refractivity contribution in [1.29, 1.82) is 0 Å². The van der Waals surface area contributed by atoms with Crippen LogP contribution in [0, 0.1) is 0 Å². The van der Waals surface area contributed by atoms with Gasteiger partial charge >= 0.3 is 0 Å². The molecule has 2 aromatic rings. The largest absolute Gasteiger partial charge is 0.494 e. The van der Waals surface area contributed by atoms with E-state index in [4.69, 9.17) is 4.74 Å². The molecule has 1 aliphatic rings. The second-order valence-corrected chi connectivity index (χ2v) is 10.1. The van der Waals surface area contributed by atoms with Gasteiger partial charge in [0.2, 0.25) is 0 Å². The molecule has 0 saturated heterocycles. The monoisotopic (exact) mass is 405 g/mol. The van der Waals surface area contributed by atoms with Gasteiger partial charge in [0.25, 0.3) is 5.91 Å². The number of nitrogens with one attached hydrogen (secondary N) is 1. The Labute approximate surface area is 166 Å². The number of unbranched alkanes of at least 4 members (excludes halogenated alkanes) is 1. The Hall–Kier alpha value is -2.35. The number of anilines is 1. The van der Waals surface area contributed by atoms with Gasteiger partial charge in [-0.3, -0.25) is 4.79 Å². The lowest BCUT2D eigenvalue weighted by molar-refractivity contribution is 0.102. The topological polar surface area (TPSA) is 90.3 Å². The summed E-state index contributed by atoms with van der Waals surface area (Å²) in [6.45, 7) is 8.62. The predicted octanol–water partition coefficient (Wildman–Crippen LogP) is 3.50. The Bertz CT molecular complexity index is 970. The molecule has 0 saturated carbocycles. The Morgan fingerprint density at radius 3 is 2.50 bits per heavy atom. The molecule has 1 aromatic heterocycles. The van der Waals surface area contributed by atoms with Crippen LogP contribution in [0.15, 0.2) is 24.3 Å². The highest BCUT2D eigenvalue weighted by Crippen LogP contribution is 2.34. The first-order valence-corrected chi connectivity index (χ1v) is 11.3. The van der Waals surface area contributed by atoms with Gasteiger partial charge in [0.05, 0.1) is 29.3 Å². The summed E-state index contributed by atoms with van der Waals surface area (Å²) in [4.78, 5) is 12.8. The van der Waals surface area contributed by atoms with Crippen molar-refractivity contribution in [2.24, 2.45) is 0 Å². The molecule has 0 atom stereocenters. The summed E-state index contributed by atoms with van der Waals surface area (Å²) in [7, 11) is -3.21. The smallest absolute Gasteiger partial charge is 0.256 e. The summed E-state index contributed by atoms with van der Waals surface area (Å²) in [5.74, 6) is 0.683. The number of amides is 1. The van der Waals surface area contributed by atoms with Crippen LogP contribution in [0.4, 0.5) is 5.82 Å². The Morgan fingerprint density at radius 1 is 1.21 bits per heavy atom. The summed E-state index contributed by atoms with van der Waals surface area (Å²) in [5, 5.41) is 7.34. The molecule has 7 nitrogen and oxygen atoms in total. The normalized spacial score (nSPS) is 15.3. The number of carbonyl (C=O) groups excluding carboxylic acids is 1. The molecule has 3 rings (SSSR count). The molecule has 1 amide bonds. The molecule has 0 spiro atoms.